The second kappa shape index (κ2) is 17.5. The molecule has 244 valence electrons. The summed E-state index contributed by atoms with van der Waals surface area (Å²) >= 11 is 0. The van der Waals surface area contributed by atoms with Gasteiger partial charge in [-0.3, -0.25) is 19.4 Å². The van der Waals surface area contributed by atoms with E-state index >= 15 is 4.39 Å². The molecule has 1 atom stereocenters. The molecule has 1 N–H and O–H groups in total. The predicted molar refractivity (Wildman–Crippen MR) is 188 cm³/mol. The summed E-state index contributed by atoms with van der Waals surface area (Å²) in [6.45, 7) is 11.8. The monoisotopic (exact) mass is 617 g/mol. The van der Waals surface area contributed by atoms with Gasteiger partial charge in [0.05, 0.1) is 12.7 Å². The molecule has 3 aliphatic rings. The zero-order valence-electron chi connectivity index (χ0n) is 27.8. The highest BCUT2D eigenvalue weighted by molar-refractivity contribution is 6.03. The minimum absolute atomic E-state index is 0.243. The summed E-state index contributed by atoms with van der Waals surface area (Å²) in [5.41, 5.74) is 4.40. The van der Waals surface area contributed by atoms with Gasteiger partial charge in [0.15, 0.2) is 5.82 Å². The van der Waals surface area contributed by atoms with E-state index in [2.05, 4.69) is 66.1 Å². The average Bonchev–Trinajstić information content (AvgIpc) is 3.30. The van der Waals surface area contributed by atoms with E-state index in [-0.39, 0.29) is 5.69 Å². The summed E-state index contributed by atoms with van der Waals surface area (Å²) in [6.07, 6.45) is 24.9. The van der Waals surface area contributed by atoms with Crippen molar-refractivity contribution in [3.8, 4) is 11.3 Å². The lowest BCUT2D eigenvalue weighted by Crippen LogP contribution is -2.52. The summed E-state index contributed by atoms with van der Waals surface area (Å²) < 4.78 is 25.9. The van der Waals surface area contributed by atoms with Crippen LogP contribution in [0.5, 0.6) is 0 Å². The lowest BCUT2D eigenvalue weighted by Gasteiger charge is -2.36. The number of aromatic nitrogens is 1. The van der Waals surface area contributed by atoms with Crippen LogP contribution in [0.25, 0.3) is 23.4 Å². The number of nitrogens with one attached hydrogen (secondary N) is 1. The van der Waals surface area contributed by atoms with Gasteiger partial charge < -0.3 is 10.2 Å². The Bertz CT molecular complexity index is 1340. The summed E-state index contributed by atoms with van der Waals surface area (Å²) in [6, 6.07) is 6.35. The second-order valence-corrected chi connectivity index (χ2v) is 13.0. The number of halogens is 2. The van der Waals surface area contributed by atoms with Crippen molar-refractivity contribution in [1.82, 2.24) is 15.2 Å². The molecule has 2 fully saturated rings. The lowest BCUT2D eigenvalue weighted by atomic mass is 9.75. The first-order valence-corrected chi connectivity index (χ1v) is 17.1. The molecule has 0 radical (unpaired) electrons. The minimum atomic E-state index is -0.433. The molecule has 0 bridgehead atoms. The van der Waals surface area contributed by atoms with Crippen molar-refractivity contribution in [3.63, 3.8) is 0 Å². The van der Waals surface area contributed by atoms with Crippen LogP contribution < -0.4 is 5.32 Å². The van der Waals surface area contributed by atoms with E-state index < -0.39 is 5.82 Å². The number of pyridine rings is 1. The van der Waals surface area contributed by atoms with Gasteiger partial charge in [0.25, 0.3) is 0 Å². The van der Waals surface area contributed by atoms with Crippen molar-refractivity contribution in [1.29, 1.82) is 0 Å². The van der Waals surface area contributed by atoms with Crippen molar-refractivity contribution in [2.24, 2.45) is 15.4 Å². The number of rotatable bonds is 9. The summed E-state index contributed by atoms with van der Waals surface area (Å²) in [5, 5.41) is 3.65. The molecule has 1 aromatic carbocycles. The molecule has 1 aliphatic heterocycles. The van der Waals surface area contributed by atoms with E-state index in [0.29, 0.717) is 29.9 Å². The number of hydrogen-bond donors (Lipinski definition) is 1. The van der Waals surface area contributed by atoms with Crippen LogP contribution >= 0.6 is 0 Å². The molecule has 0 spiro atoms. The number of fused-ring (bicyclic) bond motifs is 1. The highest BCUT2D eigenvalue weighted by Crippen LogP contribution is 2.38. The molecule has 5 rings (SSSR count). The van der Waals surface area contributed by atoms with E-state index in [9.17, 15) is 4.39 Å². The van der Waals surface area contributed by atoms with Crippen molar-refractivity contribution in [3.05, 3.63) is 59.1 Å². The summed E-state index contributed by atoms with van der Waals surface area (Å²) in [5.74, 6) is 0.373. The van der Waals surface area contributed by atoms with E-state index in [0.717, 1.165) is 74.4 Å². The van der Waals surface area contributed by atoms with Crippen molar-refractivity contribution in [2.75, 3.05) is 33.4 Å². The normalized spacial score (nSPS) is 19.9. The van der Waals surface area contributed by atoms with Gasteiger partial charge in [0.2, 0.25) is 0 Å². The fourth-order valence-corrected chi connectivity index (χ4v) is 7.18. The number of alkyl halides is 1. The van der Waals surface area contributed by atoms with Gasteiger partial charge in [-0.2, -0.15) is 0 Å². The molecule has 1 saturated heterocycles. The Morgan fingerprint density at radius 2 is 1.87 bits per heavy atom. The predicted octanol–water partition coefficient (Wildman–Crippen LogP) is 9.59. The molecule has 2 aromatic rings. The lowest BCUT2D eigenvalue weighted by molar-refractivity contribution is 0.215. The highest BCUT2D eigenvalue weighted by Gasteiger charge is 2.28. The van der Waals surface area contributed by atoms with Crippen LogP contribution in [-0.4, -0.2) is 61.8 Å². The number of hydrogen-bond acceptors (Lipinski definition) is 4. The van der Waals surface area contributed by atoms with Crippen LogP contribution in [0, 0.1) is 11.2 Å². The van der Waals surface area contributed by atoms with Gasteiger partial charge >= 0.3 is 0 Å². The largest absolute Gasteiger partial charge is 0.353 e. The Balaban J connectivity index is 0.00000226. The van der Waals surface area contributed by atoms with Crippen LogP contribution in [-0.2, 0) is 0 Å². The molecule has 1 unspecified atom stereocenters. The van der Waals surface area contributed by atoms with Gasteiger partial charge in [-0.1, -0.05) is 94.9 Å². The number of nitrogens with zero attached hydrogens (tertiary/aromatic N) is 4. The van der Waals surface area contributed by atoms with Crippen molar-refractivity contribution in [2.45, 2.75) is 96.9 Å². The van der Waals surface area contributed by atoms with Crippen LogP contribution in [0.2, 0.25) is 0 Å². The zero-order valence-corrected chi connectivity index (χ0v) is 27.8. The fourth-order valence-electron chi connectivity index (χ4n) is 7.18. The summed E-state index contributed by atoms with van der Waals surface area (Å²) in [7, 11) is 0.500. The van der Waals surface area contributed by atoms with E-state index in [4.69, 9.17) is 9.98 Å². The highest BCUT2D eigenvalue weighted by atomic mass is 19.1. The molecular weight excluding hydrogens is 564 g/mol. The Hall–Kier alpha value is -3.19. The first-order chi connectivity index (χ1) is 22.0. The van der Waals surface area contributed by atoms with Gasteiger partial charge in [-0.25, -0.2) is 4.39 Å². The van der Waals surface area contributed by atoms with E-state index in [1.807, 2.05) is 12.1 Å². The smallest absolute Gasteiger partial charge is 0.175 e. The SMILES string of the molecule is C=Nc1c(C(=NCCCC2(C)CCCCCCC2)N2CCNC(CCC)C2)cnc(-c2cccc3c2C=CCC=C3)c1F.CF. The van der Waals surface area contributed by atoms with Crippen molar-refractivity contribution < 1.29 is 8.78 Å². The number of piperazine rings is 1. The van der Waals surface area contributed by atoms with Crippen molar-refractivity contribution >= 4 is 30.4 Å². The van der Waals surface area contributed by atoms with E-state index in [1.54, 1.807) is 6.20 Å². The quantitative estimate of drug-likeness (QED) is 0.173. The number of benzene rings is 1. The number of allylic oxidation sites excluding steroid dienone is 2. The second-order valence-electron chi connectivity index (χ2n) is 13.0. The van der Waals surface area contributed by atoms with Crippen LogP contribution in [0.3, 0.4) is 0 Å². The standard InChI is InChI=1S/C37H50FN5.CH3F/c1-4-15-29-27-43(25-24-40-29)36(41-23-14-22-37(2)20-11-6-5-7-12-21-37)32-26-42-35(33(38)34(32)39-3)31-19-13-17-28-16-9-8-10-18-30(28)31;1-2/h9-10,13,16-19,26,29,40H,3-8,11-12,14-15,20-25,27H2,1-2H3;1H3. The molecule has 2 aliphatic carbocycles. The van der Waals surface area contributed by atoms with Crippen LogP contribution in [0.4, 0.5) is 14.5 Å². The Morgan fingerprint density at radius 1 is 1.11 bits per heavy atom. The van der Waals surface area contributed by atoms with Gasteiger partial charge in [0, 0.05) is 44.0 Å². The van der Waals surface area contributed by atoms with Gasteiger partial charge in [-0.15, -0.1) is 0 Å². The number of aliphatic imine (C=N–C) groups is 2. The molecule has 45 heavy (non-hydrogen) atoms. The minimum Gasteiger partial charge on any atom is -0.353 e. The van der Waals surface area contributed by atoms with Crippen LogP contribution in [0.1, 0.15) is 108 Å². The maximum Gasteiger partial charge on any atom is 0.175 e. The first kappa shape index (κ1) is 34.7. The maximum absolute atomic E-state index is 16.4. The zero-order chi connectivity index (χ0) is 32.1. The Labute approximate surface area is 270 Å². The Morgan fingerprint density at radius 3 is 2.62 bits per heavy atom. The molecule has 2 heterocycles. The third-order valence-corrected chi connectivity index (χ3v) is 9.59. The van der Waals surface area contributed by atoms with Crippen LogP contribution in [0.15, 0.2) is 46.5 Å². The first-order valence-electron chi connectivity index (χ1n) is 17.1. The molecule has 1 aromatic heterocycles. The molecule has 7 heteroatoms. The topological polar surface area (TPSA) is 52.9 Å². The van der Waals surface area contributed by atoms with Gasteiger partial charge in [-0.05, 0) is 61.8 Å². The van der Waals surface area contributed by atoms with E-state index in [1.165, 1.54) is 51.4 Å². The fraction of sp³-hybridized carbons (Fsp3) is 0.553. The molecule has 5 nitrogen and oxygen atoms in total. The average molecular weight is 618 g/mol. The molecule has 1 saturated carbocycles. The third-order valence-electron chi connectivity index (χ3n) is 9.59. The maximum atomic E-state index is 16.4. The third kappa shape index (κ3) is 8.96. The molecule has 0 amide bonds. The molecular formula is C38H53F2N5. The number of amidine groups is 1. The Kier molecular flexibility index (Phi) is 13.5. The summed E-state index contributed by atoms with van der Waals surface area (Å²) in [4.78, 5) is 16.5. The van der Waals surface area contributed by atoms with Gasteiger partial charge in [0.1, 0.15) is 17.2 Å².